The molecule has 0 spiro atoms. The van der Waals surface area contributed by atoms with E-state index in [1.807, 2.05) is 0 Å². The first kappa shape index (κ1) is 8.83. The topological polar surface area (TPSA) is 83.6 Å². The largest absolute Gasteiger partial charge is 0.481 e. The van der Waals surface area contributed by atoms with E-state index in [9.17, 15) is 9.59 Å². The van der Waals surface area contributed by atoms with Crippen LogP contribution in [0.1, 0.15) is 12.8 Å². The maximum atomic E-state index is 10.7. The first-order valence-electron chi connectivity index (χ1n) is 3.88. The fourth-order valence-corrected chi connectivity index (χ4v) is 1.38. The van der Waals surface area contributed by atoms with Gasteiger partial charge in [-0.3, -0.25) is 4.79 Å². The molecule has 2 amide bonds. The van der Waals surface area contributed by atoms with E-state index in [2.05, 4.69) is 0 Å². The van der Waals surface area contributed by atoms with Crippen molar-refractivity contribution >= 4 is 12.0 Å². The van der Waals surface area contributed by atoms with Gasteiger partial charge in [0.15, 0.2) is 0 Å². The number of likely N-dealkylation sites (tertiary alicyclic amines) is 1. The summed E-state index contributed by atoms with van der Waals surface area (Å²) in [4.78, 5) is 22.6. The number of piperidine rings is 1. The van der Waals surface area contributed by atoms with Gasteiger partial charge in [0.05, 0.1) is 5.92 Å². The van der Waals surface area contributed by atoms with Crippen LogP contribution in [0.4, 0.5) is 4.79 Å². The third kappa shape index (κ3) is 1.87. The van der Waals surface area contributed by atoms with Crippen LogP contribution in [-0.2, 0) is 4.79 Å². The van der Waals surface area contributed by atoms with Crippen LogP contribution in [0.5, 0.6) is 0 Å². The average Bonchev–Trinajstić information content (AvgIpc) is 2.04. The van der Waals surface area contributed by atoms with Crippen molar-refractivity contribution in [1.82, 2.24) is 4.90 Å². The number of carboxylic acids is 1. The summed E-state index contributed by atoms with van der Waals surface area (Å²) in [6.07, 6.45) is 1.36. The molecule has 68 valence electrons. The quantitative estimate of drug-likeness (QED) is 0.577. The number of aliphatic carboxylic acids is 1. The summed E-state index contributed by atoms with van der Waals surface area (Å²) < 4.78 is 0. The molecule has 3 N–H and O–H groups in total. The third-order valence-corrected chi connectivity index (χ3v) is 2.08. The molecule has 0 aromatic heterocycles. The van der Waals surface area contributed by atoms with Gasteiger partial charge in [-0.2, -0.15) is 0 Å². The first-order chi connectivity index (χ1) is 5.61. The Labute approximate surface area is 70.1 Å². The van der Waals surface area contributed by atoms with E-state index in [0.717, 1.165) is 6.42 Å². The number of urea groups is 1. The third-order valence-electron chi connectivity index (χ3n) is 2.08. The second-order valence-corrected chi connectivity index (χ2v) is 2.96. The predicted octanol–water partition coefficient (Wildman–Crippen LogP) is -0.138. The lowest BCUT2D eigenvalue weighted by Crippen LogP contribution is -2.44. The van der Waals surface area contributed by atoms with Crippen LogP contribution in [0.25, 0.3) is 0 Å². The Morgan fingerprint density at radius 2 is 2.17 bits per heavy atom. The van der Waals surface area contributed by atoms with Gasteiger partial charge in [-0.25, -0.2) is 4.79 Å². The van der Waals surface area contributed by atoms with Crippen molar-refractivity contribution in [2.24, 2.45) is 11.7 Å². The standard InChI is InChI=1S/C7H12N2O3/c8-7(12)9-3-1-2-5(4-9)6(10)11/h5H,1-4H2,(H2,8,12)(H,10,11)/t5-/m1/s1. The highest BCUT2D eigenvalue weighted by Crippen LogP contribution is 2.15. The van der Waals surface area contributed by atoms with Crippen LogP contribution >= 0.6 is 0 Å². The molecule has 5 nitrogen and oxygen atoms in total. The molecule has 1 aliphatic heterocycles. The Morgan fingerprint density at radius 3 is 2.67 bits per heavy atom. The highest BCUT2D eigenvalue weighted by atomic mass is 16.4. The number of carbonyl (C=O) groups excluding carboxylic acids is 1. The van der Waals surface area contributed by atoms with Crippen molar-refractivity contribution in [3.8, 4) is 0 Å². The number of carboxylic acid groups (broad SMARTS) is 1. The summed E-state index contributed by atoms with van der Waals surface area (Å²) in [5.41, 5.74) is 5.02. The smallest absolute Gasteiger partial charge is 0.314 e. The SMILES string of the molecule is NC(=O)N1CCC[C@@H](C(=O)O)C1. The Balaban J connectivity index is 2.51. The molecule has 0 unspecified atom stereocenters. The molecule has 1 rings (SSSR count). The minimum absolute atomic E-state index is 0.255. The first-order valence-corrected chi connectivity index (χ1v) is 3.88. The lowest BCUT2D eigenvalue weighted by Gasteiger charge is -2.28. The number of hydrogen-bond donors (Lipinski definition) is 2. The Bertz CT molecular complexity index is 185. The molecule has 1 fully saturated rings. The van der Waals surface area contributed by atoms with Crippen LogP contribution < -0.4 is 5.73 Å². The summed E-state index contributed by atoms with van der Waals surface area (Å²) in [7, 11) is 0. The molecular formula is C7H12N2O3. The van der Waals surface area contributed by atoms with Crippen molar-refractivity contribution < 1.29 is 14.7 Å². The lowest BCUT2D eigenvalue weighted by molar-refractivity contribution is -0.143. The Morgan fingerprint density at radius 1 is 1.50 bits per heavy atom. The van der Waals surface area contributed by atoms with Gasteiger partial charge >= 0.3 is 12.0 Å². The van der Waals surface area contributed by atoms with Gasteiger partial charge in [0, 0.05) is 13.1 Å². The van der Waals surface area contributed by atoms with Gasteiger partial charge in [-0.1, -0.05) is 0 Å². The maximum absolute atomic E-state index is 10.7. The summed E-state index contributed by atoms with van der Waals surface area (Å²) in [5, 5.41) is 8.66. The zero-order chi connectivity index (χ0) is 9.14. The van der Waals surface area contributed by atoms with E-state index >= 15 is 0 Å². The fourth-order valence-electron chi connectivity index (χ4n) is 1.38. The van der Waals surface area contributed by atoms with Crippen LogP contribution in [0.3, 0.4) is 0 Å². The Kier molecular flexibility index (Phi) is 2.52. The molecule has 0 aromatic rings. The van der Waals surface area contributed by atoms with Gasteiger partial charge in [-0.15, -0.1) is 0 Å². The number of amides is 2. The molecule has 0 saturated carbocycles. The van der Waals surface area contributed by atoms with Crippen LogP contribution in [0.2, 0.25) is 0 Å². The highest BCUT2D eigenvalue weighted by Gasteiger charge is 2.26. The number of primary amides is 1. The van der Waals surface area contributed by atoms with Gasteiger partial charge in [0.25, 0.3) is 0 Å². The number of nitrogens with two attached hydrogens (primary N) is 1. The van der Waals surface area contributed by atoms with E-state index in [-0.39, 0.29) is 6.54 Å². The minimum Gasteiger partial charge on any atom is -0.481 e. The van der Waals surface area contributed by atoms with Crippen LogP contribution in [0, 0.1) is 5.92 Å². The zero-order valence-corrected chi connectivity index (χ0v) is 6.69. The number of rotatable bonds is 1. The van der Waals surface area contributed by atoms with Gasteiger partial charge in [0.1, 0.15) is 0 Å². The average molecular weight is 172 g/mol. The van der Waals surface area contributed by atoms with Crippen LogP contribution in [0.15, 0.2) is 0 Å². The molecule has 1 atom stereocenters. The molecule has 0 aromatic carbocycles. The summed E-state index contributed by atoms with van der Waals surface area (Å²) in [6, 6.07) is -0.527. The van der Waals surface area contributed by atoms with Gasteiger partial charge in [-0.05, 0) is 12.8 Å². The van der Waals surface area contributed by atoms with E-state index < -0.39 is 17.9 Å². The van der Waals surface area contributed by atoms with E-state index in [1.165, 1.54) is 4.90 Å². The number of nitrogens with zero attached hydrogens (tertiary/aromatic N) is 1. The zero-order valence-electron chi connectivity index (χ0n) is 6.69. The normalized spacial score (nSPS) is 23.7. The van der Waals surface area contributed by atoms with Crippen LogP contribution in [-0.4, -0.2) is 35.1 Å². The molecule has 0 aliphatic carbocycles. The maximum Gasteiger partial charge on any atom is 0.314 e. The molecular weight excluding hydrogens is 160 g/mol. The van der Waals surface area contributed by atoms with E-state index in [1.54, 1.807) is 0 Å². The molecule has 1 heterocycles. The number of carbonyl (C=O) groups is 2. The van der Waals surface area contributed by atoms with Gasteiger partial charge in [0.2, 0.25) is 0 Å². The van der Waals surface area contributed by atoms with E-state index in [0.29, 0.717) is 13.0 Å². The van der Waals surface area contributed by atoms with Crippen molar-refractivity contribution in [1.29, 1.82) is 0 Å². The second-order valence-electron chi connectivity index (χ2n) is 2.96. The Hall–Kier alpha value is -1.26. The molecule has 1 saturated heterocycles. The molecule has 0 bridgehead atoms. The molecule has 0 radical (unpaired) electrons. The number of hydrogen-bond acceptors (Lipinski definition) is 2. The summed E-state index contributed by atoms with van der Waals surface area (Å²) >= 11 is 0. The van der Waals surface area contributed by atoms with Crippen molar-refractivity contribution in [3.05, 3.63) is 0 Å². The second kappa shape index (κ2) is 3.42. The fraction of sp³-hybridized carbons (Fsp3) is 0.714. The van der Waals surface area contributed by atoms with Crippen molar-refractivity contribution in [3.63, 3.8) is 0 Å². The summed E-state index contributed by atoms with van der Waals surface area (Å²) in [6.45, 7) is 0.837. The highest BCUT2D eigenvalue weighted by molar-refractivity contribution is 5.75. The monoisotopic (exact) mass is 172 g/mol. The predicted molar refractivity (Wildman–Crippen MR) is 41.5 cm³/mol. The van der Waals surface area contributed by atoms with Crippen molar-refractivity contribution in [2.45, 2.75) is 12.8 Å². The van der Waals surface area contributed by atoms with E-state index in [4.69, 9.17) is 10.8 Å². The lowest BCUT2D eigenvalue weighted by atomic mass is 9.99. The molecule has 12 heavy (non-hydrogen) atoms. The minimum atomic E-state index is -0.846. The van der Waals surface area contributed by atoms with Gasteiger partial charge < -0.3 is 15.7 Å². The molecule has 1 aliphatic rings. The summed E-state index contributed by atoms with van der Waals surface area (Å²) in [5.74, 6) is -1.29. The van der Waals surface area contributed by atoms with Crippen molar-refractivity contribution in [2.75, 3.05) is 13.1 Å². The molecule has 5 heteroatoms.